The molecular weight excluding hydrogens is 371 g/mol. The number of aromatic nitrogens is 1. The molecule has 1 amide bonds. The van der Waals surface area contributed by atoms with E-state index in [2.05, 4.69) is 0 Å². The van der Waals surface area contributed by atoms with Gasteiger partial charge in [-0.15, -0.1) is 0 Å². The minimum Gasteiger partial charge on any atom is -0.463 e. The second kappa shape index (κ2) is 8.32. The molecule has 0 radical (unpaired) electrons. The number of nitrogens with zero attached hydrogens (tertiary/aromatic N) is 2. The highest BCUT2D eigenvalue weighted by atomic mass is 19.1. The molecule has 5 nitrogen and oxygen atoms in total. The number of benzene rings is 2. The molecule has 0 saturated heterocycles. The van der Waals surface area contributed by atoms with Crippen LogP contribution in [-0.2, 0) is 13.1 Å². The maximum atomic E-state index is 13.6. The van der Waals surface area contributed by atoms with E-state index in [1.54, 1.807) is 29.4 Å². The normalized spacial score (nSPS) is 11.1. The van der Waals surface area contributed by atoms with E-state index in [4.69, 9.17) is 4.42 Å². The lowest BCUT2D eigenvalue weighted by Gasteiger charge is -2.23. The second-order valence-corrected chi connectivity index (χ2v) is 6.85. The van der Waals surface area contributed by atoms with Crippen molar-refractivity contribution in [2.75, 3.05) is 13.2 Å². The lowest BCUT2D eigenvalue weighted by Crippen LogP contribution is -2.34. The number of hydrogen-bond acceptors (Lipinski definition) is 3. The first kappa shape index (κ1) is 19.0. The van der Waals surface area contributed by atoms with Crippen molar-refractivity contribution in [2.45, 2.75) is 13.1 Å². The molecule has 6 heteroatoms. The van der Waals surface area contributed by atoms with Crippen LogP contribution in [0.4, 0.5) is 4.39 Å². The fraction of sp³-hybridized carbons (Fsp3) is 0.174. The van der Waals surface area contributed by atoms with Crippen molar-refractivity contribution >= 4 is 17.0 Å². The number of carbonyl (C=O) groups excluding carboxylic acids is 1. The van der Waals surface area contributed by atoms with Gasteiger partial charge in [-0.2, -0.15) is 0 Å². The van der Waals surface area contributed by atoms with Crippen molar-refractivity contribution in [2.24, 2.45) is 0 Å². The standard InChI is InChI=1S/C23H21FN2O3/c24-19-8-4-7-18(13-19)16-26-20-9-12-29-22(20)14-21(26)23(28)25(10-11-27)15-17-5-2-1-3-6-17/h1-9,12-14,27H,10-11,15-16H2. The molecule has 0 spiro atoms. The number of furan rings is 1. The van der Waals surface area contributed by atoms with Crippen LogP contribution in [0.3, 0.4) is 0 Å². The Kier molecular flexibility index (Phi) is 5.44. The van der Waals surface area contributed by atoms with Crippen molar-refractivity contribution < 1.29 is 18.7 Å². The van der Waals surface area contributed by atoms with E-state index in [0.29, 0.717) is 24.4 Å². The third-order valence-electron chi connectivity index (χ3n) is 4.84. The monoisotopic (exact) mass is 392 g/mol. The van der Waals surface area contributed by atoms with Gasteiger partial charge < -0.3 is 19.0 Å². The molecule has 0 aliphatic carbocycles. The fourth-order valence-corrected chi connectivity index (χ4v) is 3.48. The van der Waals surface area contributed by atoms with E-state index in [1.807, 2.05) is 41.0 Å². The third-order valence-corrected chi connectivity index (χ3v) is 4.84. The summed E-state index contributed by atoms with van der Waals surface area (Å²) in [5, 5.41) is 9.48. The molecule has 0 aliphatic rings. The molecule has 29 heavy (non-hydrogen) atoms. The summed E-state index contributed by atoms with van der Waals surface area (Å²) < 4.78 is 21.0. The van der Waals surface area contributed by atoms with Crippen LogP contribution in [-0.4, -0.2) is 33.6 Å². The van der Waals surface area contributed by atoms with Crippen LogP contribution in [0.25, 0.3) is 11.1 Å². The number of fused-ring (bicyclic) bond motifs is 1. The lowest BCUT2D eigenvalue weighted by atomic mass is 10.2. The van der Waals surface area contributed by atoms with Gasteiger partial charge in [0.05, 0.1) is 18.4 Å². The predicted octanol–water partition coefficient (Wildman–Crippen LogP) is 4.06. The molecule has 0 atom stereocenters. The Morgan fingerprint density at radius 1 is 1.03 bits per heavy atom. The maximum Gasteiger partial charge on any atom is 0.271 e. The van der Waals surface area contributed by atoms with Gasteiger partial charge in [-0.3, -0.25) is 4.79 Å². The van der Waals surface area contributed by atoms with Gasteiger partial charge >= 0.3 is 0 Å². The Labute approximate surface area is 167 Å². The van der Waals surface area contributed by atoms with Crippen LogP contribution in [0.1, 0.15) is 21.6 Å². The minimum absolute atomic E-state index is 0.140. The third kappa shape index (κ3) is 4.07. The Balaban J connectivity index is 1.69. The predicted molar refractivity (Wildman–Crippen MR) is 108 cm³/mol. The van der Waals surface area contributed by atoms with Crippen LogP contribution in [0, 0.1) is 5.82 Å². The van der Waals surface area contributed by atoms with E-state index >= 15 is 0 Å². The van der Waals surface area contributed by atoms with Gasteiger partial charge in [-0.1, -0.05) is 42.5 Å². The molecular formula is C23H21FN2O3. The second-order valence-electron chi connectivity index (χ2n) is 6.85. The molecule has 148 valence electrons. The number of rotatable bonds is 7. The van der Waals surface area contributed by atoms with E-state index in [-0.39, 0.29) is 24.9 Å². The van der Waals surface area contributed by atoms with Crippen molar-refractivity contribution in [1.29, 1.82) is 0 Å². The number of halogens is 1. The summed E-state index contributed by atoms with van der Waals surface area (Å²) in [6, 6.07) is 19.4. The summed E-state index contributed by atoms with van der Waals surface area (Å²) in [6.45, 7) is 0.784. The van der Waals surface area contributed by atoms with E-state index in [1.165, 1.54) is 12.1 Å². The molecule has 1 N–H and O–H groups in total. The van der Waals surface area contributed by atoms with Crippen LogP contribution >= 0.6 is 0 Å². The zero-order valence-electron chi connectivity index (χ0n) is 15.8. The van der Waals surface area contributed by atoms with Gasteiger partial charge in [0.2, 0.25) is 0 Å². The van der Waals surface area contributed by atoms with Crippen molar-refractivity contribution in [3.63, 3.8) is 0 Å². The summed E-state index contributed by atoms with van der Waals surface area (Å²) in [5.74, 6) is -0.539. The molecule has 0 unspecified atom stereocenters. The van der Waals surface area contributed by atoms with E-state index < -0.39 is 0 Å². The zero-order valence-corrected chi connectivity index (χ0v) is 15.8. The topological polar surface area (TPSA) is 58.6 Å². The van der Waals surface area contributed by atoms with Gasteiger partial charge in [0, 0.05) is 31.8 Å². The van der Waals surface area contributed by atoms with Crippen LogP contribution in [0.15, 0.2) is 77.4 Å². The molecule has 0 saturated carbocycles. The van der Waals surface area contributed by atoms with E-state index in [0.717, 1.165) is 16.6 Å². The Hall–Kier alpha value is -3.38. The first-order valence-corrected chi connectivity index (χ1v) is 9.41. The SMILES string of the molecule is O=C(c1cc2occc2n1Cc1cccc(F)c1)N(CCO)Cc1ccccc1. The Morgan fingerprint density at radius 3 is 2.59 bits per heavy atom. The van der Waals surface area contributed by atoms with Crippen molar-refractivity contribution in [1.82, 2.24) is 9.47 Å². The van der Waals surface area contributed by atoms with Crippen LogP contribution < -0.4 is 0 Å². The Bertz CT molecular complexity index is 1120. The fourth-order valence-electron chi connectivity index (χ4n) is 3.48. The highest BCUT2D eigenvalue weighted by Gasteiger charge is 2.23. The summed E-state index contributed by atoms with van der Waals surface area (Å²) in [4.78, 5) is 15.0. The lowest BCUT2D eigenvalue weighted by molar-refractivity contribution is 0.0698. The number of hydrogen-bond donors (Lipinski definition) is 1. The summed E-state index contributed by atoms with van der Waals surface area (Å²) in [5.41, 5.74) is 3.51. The van der Waals surface area contributed by atoms with Gasteiger partial charge in [0.25, 0.3) is 5.91 Å². The summed E-state index contributed by atoms with van der Waals surface area (Å²) >= 11 is 0. The minimum atomic E-state index is -0.322. The van der Waals surface area contributed by atoms with E-state index in [9.17, 15) is 14.3 Å². The summed E-state index contributed by atoms with van der Waals surface area (Å²) in [6.07, 6.45) is 1.57. The molecule has 2 aromatic heterocycles. The summed E-state index contributed by atoms with van der Waals surface area (Å²) in [7, 11) is 0. The van der Waals surface area contributed by atoms with Crippen molar-refractivity contribution in [3.05, 3.63) is 95.6 Å². The van der Waals surface area contributed by atoms with Gasteiger partial charge in [0.1, 0.15) is 11.5 Å². The van der Waals surface area contributed by atoms with Gasteiger partial charge in [-0.25, -0.2) is 4.39 Å². The van der Waals surface area contributed by atoms with Gasteiger partial charge in [0.15, 0.2) is 5.58 Å². The van der Waals surface area contributed by atoms with Gasteiger partial charge in [-0.05, 0) is 23.3 Å². The number of carbonyl (C=O) groups is 1. The molecule has 0 fully saturated rings. The maximum absolute atomic E-state index is 13.6. The number of amides is 1. The zero-order chi connectivity index (χ0) is 20.2. The molecule has 4 rings (SSSR count). The smallest absolute Gasteiger partial charge is 0.271 e. The molecule has 4 aromatic rings. The average Bonchev–Trinajstić information content (AvgIpc) is 3.31. The highest BCUT2D eigenvalue weighted by molar-refractivity contribution is 5.97. The average molecular weight is 392 g/mol. The largest absolute Gasteiger partial charge is 0.463 e. The highest BCUT2D eigenvalue weighted by Crippen LogP contribution is 2.24. The molecule has 2 heterocycles. The number of aliphatic hydroxyl groups excluding tert-OH is 1. The van der Waals surface area contributed by atoms with Crippen LogP contribution in [0.5, 0.6) is 0 Å². The van der Waals surface area contributed by atoms with Crippen molar-refractivity contribution in [3.8, 4) is 0 Å². The van der Waals surface area contributed by atoms with Crippen LogP contribution in [0.2, 0.25) is 0 Å². The first-order chi connectivity index (χ1) is 14.2. The Morgan fingerprint density at radius 2 is 1.83 bits per heavy atom. The number of aliphatic hydroxyl groups is 1. The molecule has 0 bridgehead atoms. The molecule has 0 aliphatic heterocycles. The quantitative estimate of drug-likeness (QED) is 0.516. The first-order valence-electron chi connectivity index (χ1n) is 9.41. The molecule has 2 aromatic carbocycles.